The van der Waals surface area contributed by atoms with Crippen molar-refractivity contribution < 1.29 is 18.6 Å². The summed E-state index contributed by atoms with van der Waals surface area (Å²) in [5, 5.41) is 0.709. The van der Waals surface area contributed by atoms with Gasteiger partial charge in [0, 0.05) is 36.3 Å². The lowest BCUT2D eigenvalue weighted by Gasteiger charge is -2.18. The Hall–Kier alpha value is -2.70. The van der Waals surface area contributed by atoms with Crippen LogP contribution in [0.1, 0.15) is 17.0 Å². The number of methoxy groups -OCH3 is 2. The SMILES string of the molecule is COc1ccc(-c2nc(CN3CCOc4ccc(Cl)cc4C3)c(C)o2)c(OC)c1. The minimum Gasteiger partial charge on any atom is -0.497 e. The zero-order valence-corrected chi connectivity index (χ0v) is 17.5. The van der Waals surface area contributed by atoms with Crippen LogP contribution < -0.4 is 14.2 Å². The van der Waals surface area contributed by atoms with E-state index in [-0.39, 0.29) is 0 Å². The van der Waals surface area contributed by atoms with Gasteiger partial charge >= 0.3 is 0 Å². The second-order valence-corrected chi connectivity index (χ2v) is 7.34. The predicted octanol–water partition coefficient (Wildman–Crippen LogP) is 4.72. The minimum atomic E-state index is 0.534. The standard InChI is InChI=1S/C22H23ClN2O4/c1-14-19(13-25-8-9-28-20-7-4-16(23)10-15(20)12-25)24-22(29-14)18-6-5-17(26-2)11-21(18)27-3/h4-7,10-11H,8-9,12-13H2,1-3H3. The van der Waals surface area contributed by atoms with Crippen molar-refractivity contribution in [3.8, 4) is 28.7 Å². The molecule has 2 heterocycles. The van der Waals surface area contributed by atoms with Crippen LogP contribution >= 0.6 is 11.6 Å². The molecule has 4 rings (SSSR count). The van der Waals surface area contributed by atoms with Crippen molar-refractivity contribution in [3.63, 3.8) is 0 Å². The summed E-state index contributed by atoms with van der Waals surface area (Å²) in [6, 6.07) is 11.3. The smallest absolute Gasteiger partial charge is 0.230 e. The van der Waals surface area contributed by atoms with E-state index in [9.17, 15) is 0 Å². The van der Waals surface area contributed by atoms with E-state index in [1.165, 1.54) is 0 Å². The Balaban J connectivity index is 1.57. The van der Waals surface area contributed by atoms with E-state index in [1.807, 2.05) is 43.3 Å². The van der Waals surface area contributed by atoms with Crippen molar-refractivity contribution in [1.29, 1.82) is 0 Å². The number of oxazole rings is 1. The number of hydrogen-bond donors (Lipinski definition) is 0. The molecule has 0 saturated carbocycles. The van der Waals surface area contributed by atoms with Gasteiger partial charge in [0.2, 0.25) is 5.89 Å². The number of ether oxygens (including phenoxy) is 3. The zero-order valence-electron chi connectivity index (χ0n) is 16.7. The Morgan fingerprint density at radius 2 is 2.00 bits per heavy atom. The molecule has 0 amide bonds. The van der Waals surface area contributed by atoms with Crippen LogP contribution in [0.4, 0.5) is 0 Å². The highest BCUT2D eigenvalue weighted by Gasteiger charge is 2.21. The van der Waals surface area contributed by atoms with Crippen LogP contribution in [0.25, 0.3) is 11.5 Å². The summed E-state index contributed by atoms with van der Waals surface area (Å²) in [5.41, 5.74) is 2.76. The molecule has 29 heavy (non-hydrogen) atoms. The Labute approximate surface area is 175 Å². The first-order valence-electron chi connectivity index (χ1n) is 9.39. The van der Waals surface area contributed by atoms with Crippen LogP contribution in [-0.2, 0) is 13.1 Å². The van der Waals surface area contributed by atoms with Crippen molar-refractivity contribution in [1.82, 2.24) is 9.88 Å². The van der Waals surface area contributed by atoms with E-state index in [1.54, 1.807) is 14.2 Å². The molecule has 0 saturated heterocycles. The Morgan fingerprint density at radius 3 is 2.79 bits per heavy atom. The number of halogens is 1. The molecule has 3 aromatic rings. The van der Waals surface area contributed by atoms with E-state index in [4.69, 9.17) is 35.2 Å². The number of fused-ring (bicyclic) bond motifs is 1. The minimum absolute atomic E-state index is 0.534. The molecule has 0 N–H and O–H groups in total. The second kappa shape index (κ2) is 8.35. The van der Waals surface area contributed by atoms with Gasteiger partial charge in [0.1, 0.15) is 29.6 Å². The number of aromatic nitrogens is 1. The van der Waals surface area contributed by atoms with Crippen LogP contribution in [-0.4, -0.2) is 37.3 Å². The van der Waals surface area contributed by atoms with Crippen LogP contribution in [0.2, 0.25) is 5.02 Å². The lowest BCUT2D eigenvalue weighted by molar-refractivity contribution is 0.217. The first-order chi connectivity index (χ1) is 14.1. The maximum atomic E-state index is 6.16. The number of nitrogens with zero attached hydrogens (tertiary/aromatic N) is 2. The van der Waals surface area contributed by atoms with Crippen molar-refractivity contribution >= 4 is 11.6 Å². The average molecular weight is 415 g/mol. The van der Waals surface area contributed by atoms with Crippen LogP contribution in [0.5, 0.6) is 17.2 Å². The second-order valence-electron chi connectivity index (χ2n) is 6.90. The molecule has 1 aromatic heterocycles. The van der Waals surface area contributed by atoms with Crippen molar-refractivity contribution in [2.45, 2.75) is 20.0 Å². The monoisotopic (exact) mass is 414 g/mol. The highest BCUT2D eigenvalue weighted by Crippen LogP contribution is 2.34. The fourth-order valence-electron chi connectivity index (χ4n) is 3.43. The van der Waals surface area contributed by atoms with E-state index in [2.05, 4.69) is 4.90 Å². The van der Waals surface area contributed by atoms with Gasteiger partial charge in [0.15, 0.2) is 0 Å². The van der Waals surface area contributed by atoms with E-state index >= 15 is 0 Å². The normalized spacial score (nSPS) is 14.1. The lowest BCUT2D eigenvalue weighted by Crippen LogP contribution is -2.25. The van der Waals surface area contributed by atoms with E-state index in [0.717, 1.165) is 47.2 Å². The first-order valence-corrected chi connectivity index (χ1v) is 9.77. The van der Waals surface area contributed by atoms with Crippen LogP contribution in [0.15, 0.2) is 40.8 Å². The van der Waals surface area contributed by atoms with Gasteiger partial charge in [-0.15, -0.1) is 0 Å². The van der Waals surface area contributed by atoms with Gasteiger partial charge in [0.05, 0.1) is 25.5 Å². The maximum absolute atomic E-state index is 6.16. The molecule has 1 aliphatic heterocycles. The van der Waals surface area contributed by atoms with Gasteiger partial charge in [-0.05, 0) is 37.3 Å². The zero-order chi connectivity index (χ0) is 20.4. The molecular formula is C22H23ClN2O4. The fraction of sp³-hybridized carbons (Fsp3) is 0.318. The van der Waals surface area contributed by atoms with Gasteiger partial charge in [-0.1, -0.05) is 11.6 Å². The summed E-state index contributed by atoms with van der Waals surface area (Å²) >= 11 is 6.16. The molecule has 1 aliphatic rings. The van der Waals surface area contributed by atoms with Crippen molar-refractivity contribution in [2.75, 3.05) is 27.4 Å². The van der Waals surface area contributed by atoms with Crippen molar-refractivity contribution in [2.24, 2.45) is 0 Å². The molecule has 0 radical (unpaired) electrons. The average Bonchev–Trinajstić information content (AvgIpc) is 2.96. The number of hydrogen-bond acceptors (Lipinski definition) is 6. The molecule has 152 valence electrons. The van der Waals surface area contributed by atoms with Crippen LogP contribution in [0.3, 0.4) is 0 Å². The quantitative estimate of drug-likeness (QED) is 0.602. The molecule has 0 fully saturated rings. The molecule has 7 heteroatoms. The fourth-order valence-corrected chi connectivity index (χ4v) is 3.62. The largest absolute Gasteiger partial charge is 0.497 e. The summed E-state index contributed by atoms with van der Waals surface area (Å²) in [6.45, 7) is 4.73. The van der Waals surface area contributed by atoms with Crippen molar-refractivity contribution in [3.05, 3.63) is 58.4 Å². The summed E-state index contributed by atoms with van der Waals surface area (Å²) < 4.78 is 22.6. The molecule has 0 bridgehead atoms. The third kappa shape index (κ3) is 4.18. The van der Waals surface area contributed by atoms with Gasteiger partial charge in [-0.3, -0.25) is 4.90 Å². The third-order valence-electron chi connectivity index (χ3n) is 4.99. The summed E-state index contributed by atoms with van der Waals surface area (Å²) in [6.07, 6.45) is 0. The summed E-state index contributed by atoms with van der Waals surface area (Å²) in [5.74, 6) is 3.58. The molecular weight excluding hydrogens is 392 g/mol. The summed E-state index contributed by atoms with van der Waals surface area (Å²) in [4.78, 5) is 7.03. The Kier molecular flexibility index (Phi) is 5.65. The van der Waals surface area contributed by atoms with Gasteiger partial charge in [-0.2, -0.15) is 0 Å². The van der Waals surface area contributed by atoms with Gasteiger partial charge < -0.3 is 18.6 Å². The van der Waals surface area contributed by atoms with E-state index < -0.39 is 0 Å². The Bertz CT molecular complexity index is 1020. The third-order valence-corrected chi connectivity index (χ3v) is 5.22. The molecule has 0 unspecified atom stereocenters. The van der Waals surface area contributed by atoms with Gasteiger partial charge in [0.25, 0.3) is 0 Å². The number of benzene rings is 2. The molecule has 0 spiro atoms. The molecule has 0 atom stereocenters. The van der Waals surface area contributed by atoms with Gasteiger partial charge in [-0.25, -0.2) is 4.98 Å². The van der Waals surface area contributed by atoms with E-state index in [0.29, 0.717) is 29.8 Å². The molecule has 6 nitrogen and oxygen atoms in total. The highest BCUT2D eigenvalue weighted by atomic mass is 35.5. The molecule has 0 aliphatic carbocycles. The number of rotatable bonds is 5. The first kappa shape index (κ1) is 19.6. The van der Waals surface area contributed by atoms with Crippen LogP contribution in [0, 0.1) is 6.92 Å². The predicted molar refractivity (Wildman–Crippen MR) is 111 cm³/mol. The Morgan fingerprint density at radius 1 is 1.14 bits per heavy atom. The maximum Gasteiger partial charge on any atom is 0.230 e. The summed E-state index contributed by atoms with van der Waals surface area (Å²) in [7, 11) is 3.24. The lowest BCUT2D eigenvalue weighted by atomic mass is 10.2. The topological polar surface area (TPSA) is 57.0 Å². The highest BCUT2D eigenvalue weighted by molar-refractivity contribution is 6.30. The number of aryl methyl sites for hydroxylation is 1. The molecule has 2 aromatic carbocycles.